The van der Waals surface area contributed by atoms with Crippen molar-refractivity contribution in [3.63, 3.8) is 0 Å². The molecule has 0 unspecified atom stereocenters. The zero-order valence-electron chi connectivity index (χ0n) is 9.94. The Balaban J connectivity index is 2.45. The van der Waals surface area contributed by atoms with Crippen molar-refractivity contribution in [1.82, 2.24) is 9.78 Å². The van der Waals surface area contributed by atoms with Crippen LogP contribution in [0.4, 0.5) is 15.8 Å². The summed E-state index contributed by atoms with van der Waals surface area (Å²) in [6.45, 7) is 1.75. The van der Waals surface area contributed by atoms with E-state index < -0.39 is 11.8 Å². The Bertz CT molecular complexity index is 607. The third-order valence-electron chi connectivity index (χ3n) is 2.52. The molecule has 0 aliphatic heterocycles. The highest BCUT2D eigenvalue weighted by Crippen LogP contribution is 2.25. The zero-order chi connectivity index (χ0) is 13.3. The third-order valence-corrected chi connectivity index (χ3v) is 2.52. The van der Waals surface area contributed by atoms with Gasteiger partial charge < -0.3 is 10.4 Å². The number of anilines is 2. The summed E-state index contributed by atoms with van der Waals surface area (Å²) in [5.41, 5.74) is 1.07. The van der Waals surface area contributed by atoms with Gasteiger partial charge in [0.1, 0.15) is 5.82 Å². The molecule has 2 aromatic rings. The second-order valence-corrected chi connectivity index (χ2v) is 3.89. The molecule has 0 bridgehead atoms. The highest BCUT2D eigenvalue weighted by atomic mass is 19.1. The summed E-state index contributed by atoms with van der Waals surface area (Å²) < 4.78 is 15.2. The fraction of sp³-hybridized carbons (Fsp3) is 0.167. The average Bonchev–Trinajstić information content (AvgIpc) is 2.60. The van der Waals surface area contributed by atoms with Crippen LogP contribution in [0, 0.1) is 12.7 Å². The van der Waals surface area contributed by atoms with E-state index in [1.807, 2.05) is 0 Å². The van der Waals surface area contributed by atoms with E-state index in [1.54, 1.807) is 24.9 Å². The molecule has 5 nitrogen and oxygen atoms in total. The molecule has 0 amide bonds. The summed E-state index contributed by atoms with van der Waals surface area (Å²) in [6, 6.07) is 3.92. The topological polar surface area (TPSA) is 67.2 Å². The SMILES string of the molecule is Cc1nn(C)cc1Nc1c(F)cccc1C(=O)O. The number of aryl methyl sites for hydroxylation is 2. The van der Waals surface area contributed by atoms with Gasteiger partial charge in [0.15, 0.2) is 0 Å². The second kappa shape index (κ2) is 4.48. The molecule has 0 aliphatic rings. The molecule has 0 saturated heterocycles. The first kappa shape index (κ1) is 12.1. The largest absolute Gasteiger partial charge is 0.478 e. The highest BCUT2D eigenvalue weighted by molar-refractivity contribution is 5.95. The van der Waals surface area contributed by atoms with E-state index in [0.717, 1.165) is 0 Å². The Morgan fingerprint density at radius 2 is 2.22 bits per heavy atom. The molecule has 1 aromatic carbocycles. The molecule has 0 saturated carbocycles. The van der Waals surface area contributed by atoms with Crippen molar-refractivity contribution in [1.29, 1.82) is 0 Å². The Morgan fingerprint density at radius 1 is 1.50 bits per heavy atom. The maximum Gasteiger partial charge on any atom is 0.337 e. The first-order valence-corrected chi connectivity index (χ1v) is 5.28. The summed E-state index contributed by atoms with van der Waals surface area (Å²) in [4.78, 5) is 11.0. The lowest BCUT2D eigenvalue weighted by Gasteiger charge is -2.09. The van der Waals surface area contributed by atoms with E-state index in [2.05, 4.69) is 10.4 Å². The lowest BCUT2D eigenvalue weighted by Crippen LogP contribution is -2.05. The molecule has 0 fully saturated rings. The van der Waals surface area contributed by atoms with Crippen molar-refractivity contribution in [3.05, 3.63) is 41.5 Å². The molecule has 2 N–H and O–H groups in total. The Hall–Kier alpha value is -2.37. The van der Waals surface area contributed by atoms with Crippen molar-refractivity contribution in [2.24, 2.45) is 7.05 Å². The molecule has 0 radical (unpaired) electrons. The van der Waals surface area contributed by atoms with Gasteiger partial charge >= 0.3 is 5.97 Å². The standard InChI is InChI=1S/C12H12FN3O2/c1-7-10(6-16(2)15-7)14-11-8(12(17)18)4-3-5-9(11)13/h3-6,14H,1-2H3,(H,17,18). The van der Waals surface area contributed by atoms with Crippen LogP contribution in [-0.4, -0.2) is 20.9 Å². The summed E-state index contributed by atoms with van der Waals surface area (Å²) in [7, 11) is 1.73. The van der Waals surface area contributed by atoms with Crippen LogP contribution in [0.1, 0.15) is 16.1 Å². The zero-order valence-corrected chi connectivity index (χ0v) is 9.94. The number of carboxylic acid groups (broad SMARTS) is 1. The molecule has 94 valence electrons. The summed E-state index contributed by atoms with van der Waals surface area (Å²) in [5, 5.41) is 15.9. The van der Waals surface area contributed by atoms with E-state index in [1.165, 1.54) is 18.2 Å². The molecular weight excluding hydrogens is 237 g/mol. The normalized spacial score (nSPS) is 10.4. The van der Waals surface area contributed by atoms with Gasteiger partial charge in [0.05, 0.1) is 22.6 Å². The fourth-order valence-corrected chi connectivity index (χ4v) is 1.69. The Labute approximate surface area is 103 Å². The van der Waals surface area contributed by atoms with Gasteiger partial charge in [-0.15, -0.1) is 0 Å². The first-order chi connectivity index (χ1) is 8.49. The van der Waals surface area contributed by atoms with Crippen LogP contribution in [0.2, 0.25) is 0 Å². The van der Waals surface area contributed by atoms with Gasteiger partial charge in [-0.25, -0.2) is 9.18 Å². The van der Waals surface area contributed by atoms with E-state index in [0.29, 0.717) is 11.4 Å². The van der Waals surface area contributed by atoms with Gasteiger partial charge in [-0.1, -0.05) is 6.07 Å². The summed E-state index contributed by atoms with van der Waals surface area (Å²) >= 11 is 0. The number of nitrogens with zero attached hydrogens (tertiary/aromatic N) is 2. The van der Waals surface area contributed by atoms with Gasteiger partial charge in [-0.3, -0.25) is 4.68 Å². The third kappa shape index (κ3) is 2.17. The lowest BCUT2D eigenvalue weighted by molar-refractivity contribution is 0.0697. The molecule has 2 rings (SSSR count). The highest BCUT2D eigenvalue weighted by Gasteiger charge is 2.15. The molecule has 18 heavy (non-hydrogen) atoms. The number of hydrogen-bond donors (Lipinski definition) is 2. The van der Waals surface area contributed by atoms with Crippen LogP contribution in [0.3, 0.4) is 0 Å². The van der Waals surface area contributed by atoms with E-state index in [9.17, 15) is 9.18 Å². The molecule has 0 aliphatic carbocycles. The van der Waals surface area contributed by atoms with Crippen LogP contribution in [-0.2, 0) is 7.05 Å². The number of nitrogens with one attached hydrogen (secondary N) is 1. The lowest BCUT2D eigenvalue weighted by atomic mass is 10.1. The Morgan fingerprint density at radius 3 is 2.78 bits per heavy atom. The average molecular weight is 249 g/mol. The van der Waals surface area contributed by atoms with Gasteiger partial charge in [0.2, 0.25) is 0 Å². The predicted molar refractivity (Wildman–Crippen MR) is 64.6 cm³/mol. The number of aromatic carboxylic acids is 1. The number of carboxylic acids is 1. The van der Waals surface area contributed by atoms with Crippen molar-refractivity contribution in [3.8, 4) is 0 Å². The van der Waals surface area contributed by atoms with Gasteiger partial charge in [-0.2, -0.15) is 5.10 Å². The quantitative estimate of drug-likeness (QED) is 0.875. The Kier molecular flexibility index (Phi) is 3.01. The number of aromatic nitrogens is 2. The number of halogens is 1. The van der Waals surface area contributed by atoms with Crippen molar-refractivity contribution in [2.45, 2.75) is 6.92 Å². The van der Waals surface area contributed by atoms with Crippen LogP contribution < -0.4 is 5.32 Å². The minimum Gasteiger partial charge on any atom is -0.478 e. The predicted octanol–water partition coefficient (Wildman–Crippen LogP) is 2.31. The van der Waals surface area contributed by atoms with Crippen LogP contribution >= 0.6 is 0 Å². The van der Waals surface area contributed by atoms with Crippen molar-refractivity contribution in [2.75, 3.05) is 5.32 Å². The monoisotopic (exact) mass is 249 g/mol. The molecule has 1 heterocycles. The molecular formula is C12H12FN3O2. The van der Waals surface area contributed by atoms with Crippen molar-refractivity contribution < 1.29 is 14.3 Å². The summed E-state index contributed by atoms with van der Waals surface area (Å²) in [6.07, 6.45) is 1.66. The van der Waals surface area contributed by atoms with Gasteiger partial charge in [0, 0.05) is 13.2 Å². The smallest absolute Gasteiger partial charge is 0.337 e. The number of hydrogen-bond acceptors (Lipinski definition) is 3. The summed E-state index contributed by atoms with van der Waals surface area (Å²) in [5.74, 6) is -1.79. The minimum absolute atomic E-state index is 0.0545. The van der Waals surface area contributed by atoms with Gasteiger partial charge in [0.25, 0.3) is 0 Å². The van der Waals surface area contributed by atoms with E-state index in [4.69, 9.17) is 5.11 Å². The van der Waals surface area contributed by atoms with Crippen LogP contribution in [0.25, 0.3) is 0 Å². The number of para-hydroxylation sites is 1. The maximum absolute atomic E-state index is 13.7. The van der Waals surface area contributed by atoms with Crippen LogP contribution in [0.5, 0.6) is 0 Å². The number of benzene rings is 1. The minimum atomic E-state index is -1.18. The first-order valence-electron chi connectivity index (χ1n) is 5.28. The number of rotatable bonds is 3. The molecule has 6 heteroatoms. The molecule has 0 atom stereocenters. The maximum atomic E-state index is 13.7. The second-order valence-electron chi connectivity index (χ2n) is 3.89. The van der Waals surface area contributed by atoms with E-state index >= 15 is 0 Å². The van der Waals surface area contributed by atoms with Gasteiger partial charge in [-0.05, 0) is 19.1 Å². The molecule has 1 aromatic heterocycles. The number of carbonyl (C=O) groups is 1. The fourth-order valence-electron chi connectivity index (χ4n) is 1.69. The molecule has 0 spiro atoms. The van der Waals surface area contributed by atoms with E-state index in [-0.39, 0.29) is 11.3 Å². The van der Waals surface area contributed by atoms with Crippen molar-refractivity contribution >= 4 is 17.3 Å². The van der Waals surface area contributed by atoms with Crippen LogP contribution in [0.15, 0.2) is 24.4 Å².